The number of nitrogens with one attached hydrogen (secondary N) is 1. The van der Waals surface area contributed by atoms with Crippen molar-refractivity contribution in [3.05, 3.63) is 28.9 Å². The van der Waals surface area contributed by atoms with E-state index in [0.29, 0.717) is 34.3 Å². The van der Waals surface area contributed by atoms with E-state index in [0.717, 1.165) is 4.70 Å². The Labute approximate surface area is 127 Å². The second-order valence-electron chi connectivity index (χ2n) is 5.86. The Morgan fingerprint density at radius 1 is 1.48 bits per heavy atom. The van der Waals surface area contributed by atoms with Gasteiger partial charge in [0.1, 0.15) is 10.7 Å². The number of nitrogens with two attached hydrogens (primary N) is 1. The van der Waals surface area contributed by atoms with E-state index in [1.165, 1.54) is 42.7 Å². The lowest BCUT2D eigenvalue weighted by Gasteiger charge is -2.15. The zero-order valence-electron chi connectivity index (χ0n) is 12.0. The van der Waals surface area contributed by atoms with Crippen molar-refractivity contribution < 1.29 is 9.18 Å². The zero-order valence-corrected chi connectivity index (χ0v) is 12.8. The number of hydrogen-bond donors (Lipinski definition) is 2. The fourth-order valence-corrected chi connectivity index (χ4v) is 4.11. The summed E-state index contributed by atoms with van der Waals surface area (Å²) in [7, 11) is 0. The number of hydrogen-bond acceptors (Lipinski definition) is 3. The molecule has 1 heterocycles. The van der Waals surface area contributed by atoms with Crippen LogP contribution < -0.4 is 11.1 Å². The Bertz CT molecular complexity index is 682. The van der Waals surface area contributed by atoms with E-state index >= 15 is 0 Å². The Balaban J connectivity index is 1.76. The van der Waals surface area contributed by atoms with Crippen LogP contribution in [0.5, 0.6) is 0 Å². The summed E-state index contributed by atoms with van der Waals surface area (Å²) < 4.78 is 14.1. The molecule has 1 saturated carbocycles. The van der Waals surface area contributed by atoms with Crippen LogP contribution in [-0.4, -0.2) is 12.5 Å². The minimum absolute atomic E-state index is 0.145. The number of halogens is 1. The van der Waals surface area contributed by atoms with Crippen LogP contribution in [0.25, 0.3) is 10.1 Å². The molecule has 1 aliphatic carbocycles. The SMILES string of the molecule is CC1CCCC1CNC(=O)c1sc2ccc(F)cc2c1N. The molecule has 0 spiro atoms. The quantitative estimate of drug-likeness (QED) is 0.906. The van der Waals surface area contributed by atoms with Crippen molar-refractivity contribution in [2.75, 3.05) is 12.3 Å². The average Bonchev–Trinajstić information content (AvgIpc) is 3.01. The van der Waals surface area contributed by atoms with Gasteiger partial charge in [-0.3, -0.25) is 4.79 Å². The Kier molecular flexibility index (Phi) is 3.85. The van der Waals surface area contributed by atoms with Crippen molar-refractivity contribution in [1.82, 2.24) is 5.32 Å². The van der Waals surface area contributed by atoms with Gasteiger partial charge in [-0.25, -0.2) is 4.39 Å². The topological polar surface area (TPSA) is 55.1 Å². The number of carbonyl (C=O) groups excluding carboxylic acids is 1. The van der Waals surface area contributed by atoms with Gasteiger partial charge in [-0.05, 0) is 36.5 Å². The van der Waals surface area contributed by atoms with Crippen LogP contribution in [0.1, 0.15) is 35.9 Å². The fourth-order valence-electron chi connectivity index (χ4n) is 3.09. The summed E-state index contributed by atoms with van der Waals surface area (Å²) in [5.74, 6) is 0.744. The molecule has 5 heteroatoms. The minimum atomic E-state index is -0.335. The molecule has 3 rings (SSSR count). The molecule has 1 aromatic carbocycles. The summed E-state index contributed by atoms with van der Waals surface area (Å²) in [4.78, 5) is 12.8. The summed E-state index contributed by atoms with van der Waals surface area (Å²) in [6, 6.07) is 4.44. The normalized spacial score (nSPS) is 21.8. The molecule has 0 aliphatic heterocycles. The number of fused-ring (bicyclic) bond motifs is 1. The third-order valence-corrected chi connectivity index (χ3v) is 5.64. The van der Waals surface area contributed by atoms with Crippen molar-refractivity contribution in [2.24, 2.45) is 11.8 Å². The number of nitrogen functional groups attached to an aromatic ring is 1. The lowest BCUT2D eigenvalue weighted by Crippen LogP contribution is -2.30. The average molecular weight is 306 g/mol. The fraction of sp³-hybridized carbons (Fsp3) is 0.438. The molecule has 0 bridgehead atoms. The number of anilines is 1. The maximum Gasteiger partial charge on any atom is 0.263 e. The molecule has 2 atom stereocenters. The lowest BCUT2D eigenvalue weighted by atomic mass is 9.98. The van der Waals surface area contributed by atoms with Gasteiger partial charge in [0.25, 0.3) is 5.91 Å². The van der Waals surface area contributed by atoms with Gasteiger partial charge >= 0.3 is 0 Å². The van der Waals surface area contributed by atoms with Crippen molar-refractivity contribution in [2.45, 2.75) is 26.2 Å². The highest BCUT2D eigenvalue weighted by Gasteiger charge is 2.24. The Morgan fingerprint density at radius 2 is 2.29 bits per heavy atom. The van der Waals surface area contributed by atoms with E-state index < -0.39 is 0 Å². The second kappa shape index (κ2) is 5.64. The number of rotatable bonds is 3. The molecule has 2 aromatic rings. The summed E-state index contributed by atoms with van der Waals surface area (Å²) >= 11 is 1.32. The molecule has 0 radical (unpaired) electrons. The summed E-state index contributed by atoms with van der Waals surface area (Å²) in [5.41, 5.74) is 6.38. The van der Waals surface area contributed by atoms with E-state index in [9.17, 15) is 9.18 Å². The van der Waals surface area contributed by atoms with Crippen molar-refractivity contribution in [3.8, 4) is 0 Å². The first-order valence-electron chi connectivity index (χ1n) is 7.32. The molecule has 3 N–H and O–H groups in total. The molecule has 2 unspecified atom stereocenters. The van der Waals surface area contributed by atoms with Gasteiger partial charge in [0.05, 0.1) is 5.69 Å². The van der Waals surface area contributed by atoms with E-state index in [1.807, 2.05) is 0 Å². The predicted octanol–water partition coefficient (Wildman–Crippen LogP) is 3.79. The van der Waals surface area contributed by atoms with Crippen molar-refractivity contribution >= 4 is 33.0 Å². The third kappa shape index (κ3) is 2.75. The van der Waals surface area contributed by atoms with Crippen LogP contribution in [0.2, 0.25) is 0 Å². The van der Waals surface area contributed by atoms with Gasteiger partial charge < -0.3 is 11.1 Å². The number of thiophene rings is 1. The first-order valence-corrected chi connectivity index (χ1v) is 8.13. The highest BCUT2D eigenvalue weighted by molar-refractivity contribution is 7.21. The van der Waals surface area contributed by atoms with E-state index in [1.54, 1.807) is 6.07 Å². The molecule has 1 amide bonds. The molecule has 1 aliphatic rings. The molecular formula is C16H19FN2OS. The van der Waals surface area contributed by atoms with E-state index in [4.69, 9.17) is 5.73 Å². The van der Waals surface area contributed by atoms with Crippen LogP contribution in [-0.2, 0) is 0 Å². The molecule has 0 saturated heterocycles. The van der Waals surface area contributed by atoms with Crippen LogP contribution in [0.4, 0.5) is 10.1 Å². The van der Waals surface area contributed by atoms with Crippen molar-refractivity contribution in [1.29, 1.82) is 0 Å². The minimum Gasteiger partial charge on any atom is -0.397 e. The summed E-state index contributed by atoms with van der Waals surface area (Å²) in [6.45, 7) is 2.93. The summed E-state index contributed by atoms with van der Waals surface area (Å²) in [6.07, 6.45) is 3.66. The highest BCUT2D eigenvalue weighted by Crippen LogP contribution is 2.34. The molecule has 3 nitrogen and oxygen atoms in total. The van der Waals surface area contributed by atoms with Crippen LogP contribution >= 0.6 is 11.3 Å². The van der Waals surface area contributed by atoms with Crippen LogP contribution in [0, 0.1) is 17.7 Å². The molecule has 112 valence electrons. The van der Waals surface area contributed by atoms with E-state index in [-0.39, 0.29) is 11.7 Å². The molecule has 1 aromatic heterocycles. The van der Waals surface area contributed by atoms with Crippen molar-refractivity contribution in [3.63, 3.8) is 0 Å². The summed E-state index contributed by atoms with van der Waals surface area (Å²) in [5, 5.41) is 3.61. The smallest absolute Gasteiger partial charge is 0.263 e. The monoisotopic (exact) mass is 306 g/mol. The molecule has 21 heavy (non-hydrogen) atoms. The third-order valence-electron chi connectivity index (χ3n) is 4.46. The van der Waals surface area contributed by atoms with Gasteiger partial charge in [-0.2, -0.15) is 0 Å². The van der Waals surface area contributed by atoms with Gasteiger partial charge in [-0.15, -0.1) is 11.3 Å². The largest absolute Gasteiger partial charge is 0.397 e. The van der Waals surface area contributed by atoms with Gasteiger partial charge in [0, 0.05) is 16.6 Å². The van der Waals surface area contributed by atoms with Gasteiger partial charge in [-0.1, -0.05) is 19.8 Å². The zero-order chi connectivity index (χ0) is 15.0. The standard InChI is InChI=1S/C16H19FN2OS/c1-9-3-2-4-10(9)8-19-16(20)15-14(18)12-7-11(17)5-6-13(12)21-15/h5-7,9-10H,2-4,8,18H2,1H3,(H,19,20). The maximum atomic E-state index is 13.3. The number of amides is 1. The number of benzene rings is 1. The predicted molar refractivity (Wildman–Crippen MR) is 85.0 cm³/mol. The molecule has 1 fully saturated rings. The lowest BCUT2D eigenvalue weighted by molar-refractivity contribution is 0.0949. The van der Waals surface area contributed by atoms with Crippen LogP contribution in [0.3, 0.4) is 0 Å². The van der Waals surface area contributed by atoms with Gasteiger partial charge in [0.15, 0.2) is 0 Å². The highest BCUT2D eigenvalue weighted by atomic mass is 32.1. The number of carbonyl (C=O) groups is 1. The Morgan fingerprint density at radius 3 is 3.00 bits per heavy atom. The molecular weight excluding hydrogens is 287 g/mol. The first-order chi connectivity index (χ1) is 10.1. The van der Waals surface area contributed by atoms with Crippen LogP contribution in [0.15, 0.2) is 18.2 Å². The van der Waals surface area contributed by atoms with E-state index in [2.05, 4.69) is 12.2 Å². The Hall–Kier alpha value is -1.62. The first kappa shape index (κ1) is 14.3. The maximum absolute atomic E-state index is 13.3. The second-order valence-corrected chi connectivity index (χ2v) is 6.92. The van der Waals surface area contributed by atoms with Gasteiger partial charge in [0.2, 0.25) is 0 Å².